The average Bonchev–Trinajstić information content (AvgIpc) is 2.79. The summed E-state index contributed by atoms with van der Waals surface area (Å²) >= 11 is 6.05. The molecule has 1 aromatic heterocycles. The van der Waals surface area contributed by atoms with Gasteiger partial charge in [-0.15, -0.1) is 5.10 Å². The third-order valence-corrected chi connectivity index (χ3v) is 2.95. The largest absolute Gasteiger partial charge is 0.347 e. The minimum absolute atomic E-state index is 0.0315. The van der Waals surface area contributed by atoms with Crippen LogP contribution < -0.4 is 11.0 Å². The second kappa shape index (κ2) is 5.71. The standard InChI is InChI=1S/C12H13ClN4O2/c1-7(6-8-4-2-3-5-9(8)13)14-11(18)10-15-12(19)17-16-10/h2-5,7H,6H2,1H3,(H,14,18)(H2,15,16,17,19). The molecule has 3 N–H and O–H groups in total. The number of nitrogens with one attached hydrogen (secondary N) is 3. The fourth-order valence-electron chi connectivity index (χ4n) is 1.71. The van der Waals surface area contributed by atoms with Crippen molar-refractivity contribution in [1.82, 2.24) is 20.5 Å². The number of halogens is 1. The van der Waals surface area contributed by atoms with E-state index in [-0.39, 0.29) is 11.9 Å². The smallest absolute Gasteiger partial charge is 0.341 e. The molecule has 6 nitrogen and oxygen atoms in total. The van der Waals surface area contributed by atoms with Crippen LogP contribution in [0.5, 0.6) is 0 Å². The Morgan fingerprint density at radius 2 is 2.21 bits per heavy atom. The van der Waals surface area contributed by atoms with Crippen LogP contribution in [0.15, 0.2) is 29.1 Å². The van der Waals surface area contributed by atoms with Crippen LogP contribution in [0.25, 0.3) is 0 Å². The number of carbonyl (C=O) groups is 1. The van der Waals surface area contributed by atoms with Crippen molar-refractivity contribution in [1.29, 1.82) is 0 Å². The van der Waals surface area contributed by atoms with Crippen molar-refractivity contribution in [2.45, 2.75) is 19.4 Å². The molecule has 0 aliphatic heterocycles. The van der Waals surface area contributed by atoms with E-state index < -0.39 is 11.6 Å². The van der Waals surface area contributed by atoms with Gasteiger partial charge in [-0.25, -0.2) is 9.89 Å². The zero-order valence-electron chi connectivity index (χ0n) is 10.2. The van der Waals surface area contributed by atoms with Crippen LogP contribution in [0.2, 0.25) is 5.02 Å². The van der Waals surface area contributed by atoms with Gasteiger partial charge in [-0.05, 0) is 25.0 Å². The number of amides is 1. The van der Waals surface area contributed by atoms with E-state index in [4.69, 9.17) is 11.6 Å². The topological polar surface area (TPSA) is 90.6 Å². The zero-order valence-corrected chi connectivity index (χ0v) is 11.0. The average molecular weight is 281 g/mol. The summed E-state index contributed by atoms with van der Waals surface area (Å²) in [5.74, 6) is -0.464. The van der Waals surface area contributed by atoms with Crippen LogP contribution in [0, 0.1) is 0 Å². The Morgan fingerprint density at radius 1 is 1.47 bits per heavy atom. The molecule has 1 aromatic carbocycles. The van der Waals surface area contributed by atoms with Crippen molar-refractivity contribution in [3.8, 4) is 0 Å². The predicted molar refractivity (Wildman–Crippen MR) is 71.3 cm³/mol. The van der Waals surface area contributed by atoms with Gasteiger partial charge in [0.05, 0.1) is 0 Å². The summed E-state index contributed by atoms with van der Waals surface area (Å²) in [4.78, 5) is 24.9. The third-order valence-electron chi connectivity index (χ3n) is 2.58. The van der Waals surface area contributed by atoms with E-state index in [9.17, 15) is 9.59 Å². The Labute approximate surface area is 114 Å². The second-order valence-electron chi connectivity index (χ2n) is 4.20. The van der Waals surface area contributed by atoms with Gasteiger partial charge in [0.15, 0.2) is 0 Å². The summed E-state index contributed by atoms with van der Waals surface area (Å²) in [5, 5.41) is 9.10. The molecule has 0 aliphatic carbocycles. The number of nitrogens with zero attached hydrogens (tertiary/aromatic N) is 1. The molecule has 7 heteroatoms. The van der Waals surface area contributed by atoms with Gasteiger partial charge in [0.1, 0.15) is 0 Å². The summed E-state index contributed by atoms with van der Waals surface area (Å²) in [7, 11) is 0. The Hall–Kier alpha value is -2.08. The van der Waals surface area contributed by atoms with E-state index in [0.29, 0.717) is 11.4 Å². The maximum absolute atomic E-state index is 11.7. The fourth-order valence-corrected chi connectivity index (χ4v) is 1.93. The number of H-pyrrole nitrogens is 2. The molecular weight excluding hydrogens is 268 g/mol. The highest BCUT2D eigenvalue weighted by molar-refractivity contribution is 6.31. The van der Waals surface area contributed by atoms with E-state index in [1.165, 1.54) is 0 Å². The molecule has 0 saturated carbocycles. The normalized spacial score (nSPS) is 12.1. The first-order valence-electron chi connectivity index (χ1n) is 5.75. The van der Waals surface area contributed by atoms with Crippen LogP contribution in [0.3, 0.4) is 0 Å². The van der Waals surface area contributed by atoms with Gasteiger partial charge < -0.3 is 5.32 Å². The molecule has 1 unspecified atom stereocenters. The Kier molecular flexibility index (Phi) is 4.01. The van der Waals surface area contributed by atoms with E-state index in [1.54, 1.807) is 6.07 Å². The van der Waals surface area contributed by atoms with Crippen molar-refractivity contribution in [2.24, 2.45) is 0 Å². The van der Waals surface area contributed by atoms with Crippen molar-refractivity contribution in [2.75, 3.05) is 0 Å². The second-order valence-corrected chi connectivity index (χ2v) is 4.60. The number of carbonyl (C=O) groups excluding carboxylic acids is 1. The first-order chi connectivity index (χ1) is 9.06. The van der Waals surface area contributed by atoms with E-state index in [0.717, 1.165) is 5.56 Å². The molecule has 1 atom stereocenters. The van der Waals surface area contributed by atoms with Gasteiger partial charge in [-0.1, -0.05) is 29.8 Å². The molecule has 2 aromatic rings. The Bertz CT molecular complexity index is 634. The van der Waals surface area contributed by atoms with Crippen LogP contribution in [0.4, 0.5) is 0 Å². The maximum atomic E-state index is 11.7. The Balaban J connectivity index is 1.98. The lowest BCUT2D eigenvalue weighted by Crippen LogP contribution is -2.35. The first kappa shape index (κ1) is 13.4. The van der Waals surface area contributed by atoms with Gasteiger partial charge in [0, 0.05) is 11.1 Å². The van der Waals surface area contributed by atoms with Crippen molar-refractivity contribution in [3.05, 3.63) is 51.2 Å². The molecule has 0 radical (unpaired) electrons. The lowest BCUT2D eigenvalue weighted by molar-refractivity contribution is 0.0930. The number of rotatable bonds is 4. The third kappa shape index (κ3) is 3.45. The highest BCUT2D eigenvalue weighted by Gasteiger charge is 2.14. The number of hydrogen-bond donors (Lipinski definition) is 3. The highest BCUT2D eigenvalue weighted by atomic mass is 35.5. The van der Waals surface area contributed by atoms with Crippen LogP contribution >= 0.6 is 11.6 Å². The molecule has 0 saturated heterocycles. The first-order valence-corrected chi connectivity index (χ1v) is 6.13. The van der Waals surface area contributed by atoms with E-state index in [2.05, 4.69) is 20.5 Å². The lowest BCUT2D eigenvalue weighted by atomic mass is 10.1. The van der Waals surface area contributed by atoms with Crippen LogP contribution in [0.1, 0.15) is 23.1 Å². The van der Waals surface area contributed by atoms with Crippen molar-refractivity contribution >= 4 is 17.5 Å². The predicted octanol–water partition coefficient (Wildman–Crippen LogP) is 1.11. The lowest BCUT2D eigenvalue weighted by Gasteiger charge is -2.13. The number of benzene rings is 1. The fraction of sp³-hybridized carbons (Fsp3) is 0.250. The van der Waals surface area contributed by atoms with Gasteiger partial charge >= 0.3 is 5.69 Å². The molecule has 2 rings (SSSR count). The van der Waals surface area contributed by atoms with Gasteiger partial charge in [-0.2, -0.15) is 0 Å². The summed E-state index contributed by atoms with van der Waals surface area (Å²) in [6.07, 6.45) is 0.597. The maximum Gasteiger partial charge on any atom is 0.341 e. The number of aromatic nitrogens is 3. The number of hydrogen-bond acceptors (Lipinski definition) is 3. The van der Waals surface area contributed by atoms with Crippen molar-refractivity contribution < 1.29 is 4.79 Å². The molecule has 0 bridgehead atoms. The summed E-state index contributed by atoms with van der Waals surface area (Å²) in [6, 6.07) is 7.32. The van der Waals surface area contributed by atoms with Crippen LogP contribution in [-0.2, 0) is 6.42 Å². The summed E-state index contributed by atoms with van der Waals surface area (Å²) < 4.78 is 0. The van der Waals surface area contributed by atoms with Gasteiger partial charge in [-0.3, -0.25) is 9.78 Å². The SMILES string of the molecule is CC(Cc1ccccc1Cl)NC(=O)c1n[nH]c(=O)[nH]1. The molecule has 0 aliphatic rings. The van der Waals surface area contributed by atoms with Gasteiger partial charge in [0.2, 0.25) is 5.82 Å². The summed E-state index contributed by atoms with van der Waals surface area (Å²) in [6.45, 7) is 1.85. The molecule has 19 heavy (non-hydrogen) atoms. The van der Waals surface area contributed by atoms with Crippen LogP contribution in [-0.4, -0.2) is 27.1 Å². The molecule has 0 spiro atoms. The molecule has 1 amide bonds. The molecule has 0 fully saturated rings. The van der Waals surface area contributed by atoms with E-state index >= 15 is 0 Å². The monoisotopic (exact) mass is 280 g/mol. The van der Waals surface area contributed by atoms with E-state index in [1.807, 2.05) is 25.1 Å². The molecular formula is C12H13ClN4O2. The molecule has 1 heterocycles. The zero-order chi connectivity index (χ0) is 13.8. The Morgan fingerprint density at radius 3 is 2.84 bits per heavy atom. The highest BCUT2D eigenvalue weighted by Crippen LogP contribution is 2.16. The summed E-state index contributed by atoms with van der Waals surface area (Å²) in [5.41, 5.74) is 0.441. The number of aromatic amines is 2. The minimum atomic E-state index is -0.510. The molecule has 100 valence electrons. The van der Waals surface area contributed by atoms with Gasteiger partial charge in [0.25, 0.3) is 5.91 Å². The van der Waals surface area contributed by atoms with Crippen molar-refractivity contribution in [3.63, 3.8) is 0 Å². The minimum Gasteiger partial charge on any atom is -0.347 e. The quantitative estimate of drug-likeness (QED) is 0.783.